The van der Waals surface area contributed by atoms with Gasteiger partial charge < -0.3 is 15.8 Å². The number of hydrogen-bond donors (Lipinski definition) is 2. The average molecular weight is 287 g/mol. The van der Waals surface area contributed by atoms with Crippen molar-refractivity contribution >= 4 is 11.6 Å². The third-order valence-corrected chi connectivity index (χ3v) is 2.27. The molecule has 0 radical (unpaired) electrons. The van der Waals surface area contributed by atoms with Crippen molar-refractivity contribution in [3.63, 3.8) is 0 Å². The first-order chi connectivity index (χ1) is 9.34. The number of nitriles is 1. The molecule has 0 saturated carbocycles. The van der Waals surface area contributed by atoms with Gasteiger partial charge in [0.15, 0.2) is 0 Å². The molecule has 0 saturated heterocycles. The fourth-order valence-electron chi connectivity index (χ4n) is 1.40. The van der Waals surface area contributed by atoms with Crippen LogP contribution in [0.3, 0.4) is 0 Å². The minimum Gasteiger partial charge on any atom is -0.382 e. The molecular weight excluding hydrogens is 275 g/mol. The zero-order valence-corrected chi connectivity index (χ0v) is 10.3. The highest BCUT2D eigenvalue weighted by Gasteiger charge is 2.30. The van der Waals surface area contributed by atoms with Crippen molar-refractivity contribution in [2.75, 3.05) is 25.1 Å². The number of rotatable bonds is 6. The van der Waals surface area contributed by atoms with Crippen LogP contribution in [0, 0.1) is 11.3 Å². The molecule has 1 aromatic carbocycles. The van der Waals surface area contributed by atoms with Gasteiger partial charge in [0.2, 0.25) is 5.91 Å². The summed E-state index contributed by atoms with van der Waals surface area (Å²) in [6.45, 7) is 0.127. The number of hydrogen-bond acceptors (Lipinski definition) is 4. The molecule has 1 rings (SSSR count). The van der Waals surface area contributed by atoms with Gasteiger partial charge in [-0.1, -0.05) is 0 Å². The largest absolute Gasteiger partial charge is 0.416 e. The van der Waals surface area contributed by atoms with E-state index in [9.17, 15) is 18.0 Å². The van der Waals surface area contributed by atoms with Crippen LogP contribution in [0.4, 0.5) is 18.9 Å². The van der Waals surface area contributed by atoms with E-state index in [1.165, 1.54) is 6.07 Å². The number of nitrogens with one attached hydrogen (secondary N) is 1. The Morgan fingerprint density at radius 1 is 1.45 bits per heavy atom. The highest BCUT2D eigenvalue weighted by atomic mass is 19.4. The van der Waals surface area contributed by atoms with Crippen molar-refractivity contribution in [2.24, 2.45) is 5.73 Å². The second-order valence-corrected chi connectivity index (χ2v) is 3.82. The smallest absolute Gasteiger partial charge is 0.382 e. The van der Waals surface area contributed by atoms with E-state index in [0.717, 1.165) is 12.1 Å². The number of primary amides is 1. The van der Waals surface area contributed by atoms with Gasteiger partial charge in [-0.05, 0) is 18.2 Å². The molecule has 1 amide bonds. The highest BCUT2D eigenvalue weighted by molar-refractivity contribution is 5.74. The lowest BCUT2D eigenvalue weighted by Crippen LogP contribution is -2.20. The number of anilines is 1. The molecule has 0 aliphatic rings. The van der Waals surface area contributed by atoms with Crippen molar-refractivity contribution in [1.82, 2.24) is 0 Å². The third-order valence-electron chi connectivity index (χ3n) is 2.27. The lowest BCUT2D eigenvalue weighted by Gasteiger charge is -2.11. The molecule has 0 spiro atoms. The number of nitrogens with zero attached hydrogens (tertiary/aromatic N) is 1. The van der Waals surface area contributed by atoms with Crippen LogP contribution in [-0.4, -0.2) is 25.7 Å². The SMILES string of the molecule is N#Cc1cc(C(F)(F)F)ccc1NCCOCC(N)=O. The molecule has 0 aliphatic carbocycles. The lowest BCUT2D eigenvalue weighted by molar-refractivity contribution is -0.137. The number of amides is 1. The summed E-state index contributed by atoms with van der Waals surface area (Å²) < 4.78 is 42.3. The van der Waals surface area contributed by atoms with Gasteiger partial charge in [-0.3, -0.25) is 4.79 Å². The maximum atomic E-state index is 12.5. The van der Waals surface area contributed by atoms with Gasteiger partial charge in [-0.2, -0.15) is 18.4 Å². The zero-order valence-electron chi connectivity index (χ0n) is 10.3. The lowest BCUT2D eigenvalue weighted by atomic mass is 10.1. The van der Waals surface area contributed by atoms with Crippen molar-refractivity contribution in [1.29, 1.82) is 5.26 Å². The van der Waals surface area contributed by atoms with Gasteiger partial charge >= 0.3 is 6.18 Å². The minimum atomic E-state index is -4.49. The van der Waals surface area contributed by atoms with Gasteiger partial charge in [0.25, 0.3) is 0 Å². The predicted octanol–water partition coefficient (Wildman–Crippen LogP) is 1.49. The monoisotopic (exact) mass is 287 g/mol. The van der Waals surface area contributed by atoms with E-state index in [-0.39, 0.29) is 31.0 Å². The summed E-state index contributed by atoms with van der Waals surface area (Å²) in [5, 5.41) is 11.6. The summed E-state index contributed by atoms with van der Waals surface area (Å²) in [6.07, 6.45) is -4.49. The average Bonchev–Trinajstić information content (AvgIpc) is 2.36. The molecule has 108 valence electrons. The minimum absolute atomic E-state index is 0.116. The number of ether oxygens (including phenoxy) is 1. The maximum absolute atomic E-state index is 12.5. The van der Waals surface area contributed by atoms with Gasteiger partial charge in [-0.25, -0.2) is 0 Å². The van der Waals surface area contributed by atoms with Crippen LogP contribution >= 0.6 is 0 Å². The van der Waals surface area contributed by atoms with Crippen LogP contribution in [-0.2, 0) is 15.7 Å². The molecule has 3 N–H and O–H groups in total. The summed E-state index contributed by atoms with van der Waals surface area (Å²) in [4.78, 5) is 10.4. The van der Waals surface area contributed by atoms with Gasteiger partial charge in [0.1, 0.15) is 12.7 Å². The summed E-state index contributed by atoms with van der Waals surface area (Å²) in [5.74, 6) is -0.614. The molecule has 0 atom stereocenters. The van der Waals surface area contributed by atoms with Crippen LogP contribution in [0.15, 0.2) is 18.2 Å². The van der Waals surface area contributed by atoms with Crippen molar-refractivity contribution in [2.45, 2.75) is 6.18 Å². The van der Waals surface area contributed by atoms with Crippen LogP contribution in [0.2, 0.25) is 0 Å². The number of alkyl halides is 3. The fraction of sp³-hybridized carbons (Fsp3) is 0.333. The quantitative estimate of drug-likeness (QED) is 0.776. The highest BCUT2D eigenvalue weighted by Crippen LogP contribution is 2.31. The molecule has 0 bridgehead atoms. The van der Waals surface area contributed by atoms with Crippen molar-refractivity contribution in [3.8, 4) is 6.07 Å². The van der Waals surface area contributed by atoms with Gasteiger partial charge in [0, 0.05) is 6.54 Å². The van der Waals surface area contributed by atoms with E-state index in [2.05, 4.69) is 5.32 Å². The zero-order chi connectivity index (χ0) is 15.2. The van der Waals surface area contributed by atoms with E-state index < -0.39 is 17.6 Å². The summed E-state index contributed by atoms with van der Waals surface area (Å²) in [7, 11) is 0. The van der Waals surface area contributed by atoms with Crippen molar-refractivity contribution < 1.29 is 22.7 Å². The van der Waals surface area contributed by atoms with Gasteiger partial charge in [-0.15, -0.1) is 0 Å². The first-order valence-corrected chi connectivity index (χ1v) is 5.56. The maximum Gasteiger partial charge on any atom is 0.416 e. The van der Waals surface area contributed by atoms with E-state index in [1.54, 1.807) is 6.07 Å². The predicted molar refractivity (Wildman–Crippen MR) is 64.7 cm³/mol. The number of carbonyl (C=O) groups excluding carboxylic acids is 1. The Kier molecular flexibility index (Phi) is 5.34. The summed E-state index contributed by atoms with van der Waals surface area (Å²) in [6, 6.07) is 4.52. The Morgan fingerprint density at radius 2 is 2.15 bits per heavy atom. The van der Waals surface area contributed by atoms with Crippen LogP contribution in [0.25, 0.3) is 0 Å². The molecule has 5 nitrogen and oxygen atoms in total. The molecule has 0 heterocycles. The standard InChI is InChI=1S/C12H12F3N3O2/c13-12(14,15)9-1-2-10(8(5-9)6-16)18-3-4-20-7-11(17)19/h1-2,5,18H,3-4,7H2,(H2,17,19). The molecular formula is C12H12F3N3O2. The van der Waals surface area contributed by atoms with Crippen molar-refractivity contribution in [3.05, 3.63) is 29.3 Å². The van der Waals surface area contributed by atoms with Gasteiger partial charge in [0.05, 0.1) is 23.4 Å². The van der Waals surface area contributed by atoms with E-state index in [0.29, 0.717) is 0 Å². The number of carbonyl (C=O) groups is 1. The summed E-state index contributed by atoms with van der Waals surface area (Å²) in [5.41, 5.74) is 4.12. The second-order valence-electron chi connectivity index (χ2n) is 3.82. The second kappa shape index (κ2) is 6.77. The van der Waals surface area contributed by atoms with E-state index in [1.807, 2.05) is 0 Å². The molecule has 8 heteroatoms. The number of halogens is 3. The molecule has 0 fully saturated rings. The summed E-state index contributed by atoms with van der Waals surface area (Å²) >= 11 is 0. The Hall–Kier alpha value is -2.27. The number of nitrogens with two attached hydrogens (primary N) is 1. The Bertz CT molecular complexity index is 524. The molecule has 0 unspecified atom stereocenters. The van der Waals surface area contributed by atoms with E-state index >= 15 is 0 Å². The van der Waals surface area contributed by atoms with Crippen LogP contribution in [0.5, 0.6) is 0 Å². The first-order valence-electron chi connectivity index (χ1n) is 5.56. The third kappa shape index (κ3) is 4.78. The molecule has 0 aromatic heterocycles. The Labute approximate surface area is 113 Å². The first kappa shape index (κ1) is 15.8. The molecule has 0 aliphatic heterocycles. The Balaban J connectivity index is 2.63. The number of benzene rings is 1. The molecule has 1 aromatic rings. The van der Waals surface area contributed by atoms with Crippen LogP contribution in [0.1, 0.15) is 11.1 Å². The Morgan fingerprint density at radius 3 is 2.70 bits per heavy atom. The topological polar surface area (TPSA) is 88.1 Å². The van der Waals surface area contributed by atoms with Crippen LogP contribution < -0.4 is 11.1 Å². The fourth-order valence-corrected chi connectivity index (χ4v) is 1.40. The normalized spacial score (nSPS) is 10.9. The van der Waals surface area contributed by atoms with E-state index in [4.69, 9.17) is 15.7 Å². The molecule has 20 heavy (non-hydrogen) atoms.